The maximum absolute atomic E-state index is 12.8. The van der Waals surface area contributed by atoms with Gasteiger partial charge in [-0.3, -0.25) is 4.79 Å². The van der Waals surface area contributed by atoms with Crippen molar-refractivity contribution >= 4 is 73.1 Å². The lowest BCUT2D eigenvalue weighted by atomic mass is 9.97. The maximum Gasteiger partial charge on any atom is 0.248 e. The summed E-state index contributed by atoms with van der Waals surface area (Å²) in [6.07, 6.45) is 2.94. The van der Waals surface area contributed by atoms with Crippen LogP contribution in [0.15, 0.2) is 485 Å². The molecule has 4 aromatic heterocycles. The standard InChI is InChI=1S/C27H22O3.4C7H7N3.8C6H6.2C2H6O.5C2H6.2CH3Cl/c1-19-8-9-20(2)26(18-19)27(28)21-10-12-23(13-11-21)30-25-16-14-24(15-17-25)29-22-6-4-3-5-7-22;4*1-10-8-6-4-2-3-5-7(6)9-10;8*1-2-4-6-5-3-1;2*1-3-2;7*1-2/h3-18H,1-2H3;4*2-5H,1H3;8*1-6H;2*1-2H3;5*1-2H3;2*1H3/p+4. The zero-order valence-electron chi connectivity index (χ0n) is 85.1. The molecule has 0 unspecified atom stereocenters. The number of aromatic nitrogens is 12. The van der Waals surface area contributed by atoms with Crippen molar-refractivity contribution in [1.82, 2.24) is 39.6 Å². The monoisotopic (exact) mass is 1900 g/mol. The molecule has 0 aliphatic carbocycles. The molecular formula is C119H150Cl2N12O5+4. The Balaban J connectivity index is 0. The van der Waals surface area contributed by atoms with Crippen LogP contribution in [0.1, 0.15) is 96.3 Å². The van der Waals surface area contributed by atoms with Crippen molar-refractivity contribution in [3.8, 4) is 23.0 Å². The molecule has 138 heavy (non-hydrogen) atoms. The molecule has 0 aliphatic rings. The summed E-state index contributed by atoms with van der Waals surface area (Å²) in [6, 6.07) is 158. The van der Waals surface area contributed by atoms with Crippen LogP contribution in [0.5, 0.6) is 23.0 Å². The molecule has 17 nitrogen and oxygen atoms in total. The second-order valence-corrected chi connectivity index (χ2v) is 26.2. The van der Waals surface area contributed by atoms with Crippen LogP contribution in [0.2, 0.25) is 0 Å². The van der Waals surface area contributed by atoms with E-state index in [1.165, 1.54) is 12.8 Å². The summed E-state index contributed by atoms with van der Waals surface area (Å²) in [5, 5.41) is 29.0. The van der Waals surface area contributed by atoms with Crippen LogP contribution >= 0.6 is 23.2 Å². The largest absolute Gasteiger partial charge is 0.457 e. The van der Waals surface area contributed by atoms with Gasteiger partial charge in [0.15, 0.2) is 27.9 Å². The lowest BCUT2D eigenvalue weighted by Crippen LogP contribution is -2.14. The van der Waals surface area contributed by atoms with Gasteiger partial charge in [0.05, 0.1) is 28.2 Å². The average molecular weight is 1900 g/mol. The van der Waals surface area contributed by atoms with Crippen molar-refractivity contribution in [2.45, 2.75) is 83.1 Å². The minimum atomic E-state index is 0.0187. The lowest BCUT2D eigenvalue weighted by Gasteiger charge is -2.09. The number of H-pyrrole nitrogens is 4. The van der Waals surface area contributed by atoms with E-state index in [1.54, 1.807) is 59.8 Å². The molecule has 16 aromatic carbocycles. The van der Waals surface area contributed by atoms with Crippen molar-refractivity contribution in [3.63, 3.8) is 0 Å². The van der Waals surface area contributed by atoms with Crippen molar-refractivity contribution < 1.29 is 44.1 Å². The Bertz CT molecular complexity index is 4890. The SMILES string of the molecule is CC.CC.CC.CC.CC.CCl.CCl.COC.COC.Cc1ccc(C)c(C(=O)c2ccc(Oc3ccc(Oc4ccccc4)cc3)cc2)c1.Cn1nc2ccccc2[nH+]1.Cn1nc2ccccc2[nH+]1.Cn1nc2ccccc2[nH+]1.Cn1nc2ccccc2[nH+]1.c1ccccc1.c1ccccc1.c1ccccc1.c1ccccc1.c1ccccc1.c1ccccc1.c1ccccc1.c1ccccc1. The molecule has 0 spiro atoms. The van der Waals surface area contributed by atoms with Gasteiger partial charge < -0.3 is 18.9 Å². The van der Waals surface area contributed by atoms with E-state index in [0.29, 0.717) is 17.1 Å². The van der Waals surface area contributed by atoms with Crippen LogP contribution in [0.4, 0.5) is 0 Å². The Morgan fingerprint density at radius 2 is 0.391 bits per heavy atom. The van der Waals surface area contributed by atoms with Crippen molar-refractivity contribution in [2.24, 2.45) is 28.2 Å². The average Bonchev–Trinajstić information content (AvgIpc) is 1.54. The van der Waals surface area contributed by atoms with E-state index in [4.69, 9.17) is 9.47 Å². The maximum atomic E-state index is 12.8. The quantitative estimate of drug-likeness (QED) is 0.116. The normalized spacial score (nSPS) is 8.67. The number of carbonyl (C=O) groups is 1. The number of methoxy groups -OCH3 is 2. The van der Waals surface area contributed by atoms with Gasteiger partial charge in [0.25, 0.3) is 0 Å². The van der Waals surface area contributed by atoms with Crippen molar-refractivity contribution in [1.29, 1.82) is 0 Å². The van der Waals surface area contributed by atoms with Gasteiger partial charge in [-0.2, -0.15) is 20.4 Å². The van der Waals surface area contributed by atoms with E-state index in [9.17, 15) is 4.79 Å². The van der Waals surface area contributed by atoms with Crippen LogP contribution in [0, 0.1) is 13.8 Å². The number of rotatable bonds is 6. The van der Waals surface area contributed by atoms with Gasteiger partial charge in [-0.25, -0.2) is 0 Å². The van der Waals surface area contributed by atoms with E-state index < -0.39 is 0 Å². The fraction of sp³-hybridized carbons (Fsp3) is 0.185. The number of fused-ring (bicyclic) bond motifs is 4. The number of carbonyl (C=O) groups excluding carboxylic acids is 1. The van der Waals surface area contributed by atoms with Crippen molar-refractivity contribution in [3.05, 3.63) is 508 Å². The molecule has 20 aromatic rings. The molecule has 0 radical (unpaired) electrons. The van der Waals surface area contributed by atoms with Crippen LogP contribution in [-0.2, 0) is 37.7 Å². The summed E-state index contributed by atoms with van der Waals surface area (Å²) in [5.74, 6) is 2.91. The molecule has 0 bridgehead atoms. The summed E-state index contributed by atoms with van der Waals surface area (Å²) >= 11 is 9.28. The predicted octanol–water partition coefficient (Wildman–Crippen LogP) is 29.5. The number of nitrogens with one attached hydrogen (secondary N) is 4. The highest BCUT2D eigenvalue weighted by molar-refractivity contribution is 6.15. The molecule has 0 saturated carbocycles. The van der Waals surface area contributed by atoms with Crippen LogP contribution < -0.4 is 29.9 Å². The first-order valence-electron chi connectivity index (χ1n) is 45.9. The van der Waals surface area contributed by atoms with Gasteiger partial charge in [-0.1, -0.05) is 464 Å². The fourth-order valence-electron chi connectivity index (χ4n) is 10.3. The Hall–Kier alpha value is -15.1. The van der Waals surface area contributed by atoms with E-state index in [1.807, 2.05) is 584 Å². The summed E-state index contributed by atoms with van der Waals surface area (Å²) in [7, 11) is 14.0. The molecule has 19 heteroatoms. The number of benzene rings is 16. The third-order valence-electron chi connectivity index (χ3n) is 15.9. The summed E-state index contributed by atoms with van der Waals surface area (Å²) < 4.78 is 20.2. The Morgan fingerprint density at radius 3 is 0.580 bits per heavy atom. The highest BCUT2D eigenvalue weighted by Gasteiger charge is 2.13. The highest BCUT2D eigenvalue weighted by atomic mass is 35.5. The summed E-state index contributed by atoms with van der Waals surface area (Å²) in [4.78, 5) is 19.6. The van der Waals surface area contributed by atoms with E-state index >= 15 is 0 Å². The first-order valence-corrected chi connectivity index (χ1v) is 47.4. The number of halogens is 2. The minimum Gasteiger partial charge on any atom is -0.457 e. The number of hydrogen-bond acceptors (Lipinski definition) is 9. The smallest absolute Gasteiger partial charge is 0.248 e. The first-order chi connectivity index (χ1) is 67.8. The molecule has 0 aliphatic heterocycles. The topological polar surface area (TPSA) is 182 Å². The van der Waals surface area contributed by atoms with Gasteiger partial charge in [-0.15, -0.1) is 23.2 Å². The second-order valence-electron chi connectivity index (χ2n) is 26.2. The van der Waals surface area contributed by atoms with Crippen LogP contribution in [-0.4, -0.2) is 86.6 Å². The Morgan fingerprint density at radius 1 is 0.232 bits per heavy atom. The van der Waals surface area contributed by atoms with Gasteiger partial charge >= 0.3 is 0 Å². The number of aromatic amines is 4. The lowest BCUT2D eigenvalue weighted by molar-refractivity contribution is -0.466. The van der Waals surface area contributed by atoms with Gasteiger partial charge in [0.2, 0.25) is 22.1 Å². The van der Waals surface area contributed by atoms with Crippen LogP contribution in [0.25, 0.3) is 44.1 Å². The number of hydrogen-bond donors (Lipinski definition) is 0. The third kappa shape index (κ3) is 63.1. The zero-order chi connectivity index (χ0) is 102. The van der Waals surface area contributed by atoms with E-state index in [0.717, 1.165) is 72.3 Å². The van der Waals surface area contributed by atoms with Crippen LogP contribution in [0.3, 0.4) is 0 Å². The second kappa shape index (κ2) is 91.0. The molecular weight excluding hydrogens is 1750 g/mol. The van der Waals surface area contributed by atoms with E-state index in [2.05, 4.69) is 73.5 Å². The number of nitrogens with zero attached hydrogens (tertiary/aromatic N) is 8. The summed E-state index contributed by atoms with van der Waals surface area (Å²) in [5.41, 5.74) is 11.7. The molecule has 0 saturated heterocycles. The molecule has 4 N–H and O–H groups in total. The molecule has 4 heterocycles. The Kier molecular flexibility index (Phi) is 82.4. The molecule has 0 atom stereocenters. The van der Waals surface area contributed by atoms with E-state index in [-0.39, 0.29) is 5.78 Å². The third-order valence-corrected chi connectivity index (χ3v) is 15.9. The molecule has 20 rings (SSSR count). The molecule has 0 amide bonds. The zero-order valence-corrected chi connectivity index (χ0v) is 86.6. The minimum absolute atomic E-state index is 0.0187. The van der Waals surface area contributed by atoms with Gasteiger partial charge in [0, 0.05) is 72.7 Å². The number of aryl methyl sites for hydroxylation is 6. The van der Waals surface area contributed by atoms with Gasteiger partial charge in [0.1, 0.15) is 23.0 Å². The number of ketones is 1. The Labute approximate surface area is 834 Å². The first kappa shape index (κ1) is 125. The van der Waals surface area contributed by atoms with Gasteiger partial charge in [-0.05, 0) is 135 Å². The number of ether oxygens (including phenoxy) is 4. The highest BCUT2D eigenvalue weighted by Crippen LogP contribution is 2.28. The predicted molar refractivity (Wildman–Crippen MR) is 586 cm³/mol. The summed E-state index contributed by atoms with van der Waals surface area (Å²) in [6.45, 7) is 23.9. The molecule has 726 valence electrons. The number of alkyl halides is 2. The molecule has 0 fully saturated rings. The number of para-hydroxylation sites is 5. The fourth-order valence-corrected chi connectivity index (χ4v) is 10.3. The van der Waals surface area contributed by atoms with Crippen molar-refractivity contribution in [2.75, 3.05) is 41.2 Å².